The molecule has 1 aliphatic carbocycles. The van der Waals surface area contributed by atoms with Gasteiger partial charge < -0.3 is 5.32 Å². The highest BCUT2D eigenvalue weighted by molar-refractivity contribution is 7.99. The van der Waals surface area contributed by atoms with Gasteiger partial charge >= 0.3 is 0 Å². The molecule has 6 heteroatoms. The van der Waals surface area contributed by atoms with Crippen LogP contribution in [0.2, 0.25) is 0 Å². The maximum atomic E-state index is 12.6. The Kier molecular flexibility index (Phi) is 4.14. The summed E-state index contributed by atoms with van der Waals surface area (Å²) in [5.74, 6) is -0.0482. The summed E-state index contributed by atoms with van der Waals surface area (Å²) in [6.45, 7) is 1.86. The molecule has 0 radical (unpaired) electrons. The van der Waals surface area contributed by atoms with E-state index in [9.17, 15) is 4.79 Å². The number of nitrogens with one attached hydrogen (secondary N) is 1. The number of thioether (sulfide) groups is 1. The van der Waals surface area contributed by atoms with Gasteiger partial charge in [0, 0.05) is 23.7 Å². The molecule has 1 amide bonds. The van der Waals surface area contributed by atoms with Gasteiger partial charge in [-0.3, -0.25) is 4.79 Å². The molecular formula is C15H20N4OS. The lowest BCUT2D eigenvalue weighted by Crippen LogP contribution is -2.39. The second-order valence-electron chi connectivity index (χ2n) is 5.54. The molecule has 2 atom stereocenters. The predicted octanol–water partition coefficient (Wildman–Crippen LogP) is 2.44. The van der Waals surface area contributed by atoms with Crippen LogP contribution in [0.4, 0.5) is 0 Å². The van der Waals surface area contributed by atoms with Gasteiger partial charge in [-0.25, -0.2) is 9.50 Å². The fraction of sp³-hybridized carbons (Fsp3) is 0.533. The van der Waals surface area contributed by atoms with E-state index in [1.807, 2.05) is 30.9 Å². The molecule has 0 aliphatic heterocycles. The molecule has 0 saturated heterocycles. The fourth-order valence-electron chi connectivity index (χ4n) is 3.01. The molecule has 0 spiro atoms. The molecule has 0 aromatic carbocycles. The van der Waals surface area contributed by atoms with Gasteiger partial charge in [-0.2, -0.15) is 16.9 Å². The van der Waals surface area contributed by atoms with Crippen molar-refractivity contribution < 1.29 is 4.79 Å². The second-order valence-corrected chi connectivity index (χ2v) is 6.68. The average molecular weight is 304 g/mol. The van der Waals surface area contributed by atoms with Crippen molar-refractivity contribution in [1.82, 2.24) is 19.9 Å². The number of rotatable bonds is 3. The van der Waals surface area contributed by atoms with Gasteiger partial charge in [0.05, 0.1) is 5.69 Å². The number of amides is 1. The number of fused-ring (bicyclic) bond motifs is 1. The number of carbonyl (C=O) groups is 1. The van der Waals surface area contributed by atoms with Gasteiger partial charge in [0.1, 0.15) is 5.56 Å². The lowest BCUT2D eigenvalue weighted by Gasteiger charge is -2.28. The third kappa shape index (κ3) is 2.90. The minimum atomic E-state index is -0.0482. The van der Waals surface area contributed by atoms with Crippen LogP contribution in [-0.4, -0.2) is 38.1 Å². The van der Waals surface area contributed by atoms with Gasteiger partial charge in [-0.15, -0.1) is 0 Å². The third-order valence-corrected chi connectivity index (χ3v) is 5.19. The van der Waals surface area contributed by atoms with Crippen molar-refractivity contribution in [2.75, 3.05) is 6.26 Å². The first-order valence-electron chi connectivity index (χ1n) is 7.32. The molecule has 3 rings (SSSR count). The normalized spacial score (nSPS) is 22.4. The smallest absolute Gasteiger partial charge is 0.257 e. The van der Waals surface area contributed by atoms with Crippen molar-refractivity contribution >= 4 is 23.3 Å². The van der Waals surface area contributed by atoms with Gasteiger partial charge in [0.25, 0.3) is 5.91 Å². The Balaban J connectivity index is 1.79. The van der Waals surface area contributed by atoms with Gasteiger partial charge in [0.2, 0.25) is 0 Å². The quantitative estimate of drug-likeness (QED) is 0.946. The summed E-state index contributed by atoms with van der Waals surface area (Å²) in [5.41, 5.74) is 1.95. The monoisotopic (exact) mass is 304 g/mol. The Morgan fingerprint density at radius 1 is 1.48 bits per heavy atom. The molecule has 1 saturated carbocycles. The molecule has 1 aliphatic rings. The second kappa shape index (κ2) is 6.05. The molecule has 2 unspecified atom stereocenters. The SMILES string of the molecule is CSC1CCCC(NC(=O)c2c(C)nn3cccnc23)C1. The summed E-state index contributed by atoms with van der Waals surface area (Å²) in [7, 11) is 0. The number of carbonyl (C=O) groups excluding carboxylic acids is 1. The minimum absolute atomic E-state index is 0.0482. The first-order valence-corrected chi connectivity index (χ1v) is 8.61. The highest BCUT2D eigenvalue weighted by Gasteiger charge is 2.25. The topological polar surface area (TPSA) is 59.3 Å². The Morgan fingerprint density at radius 2 is 2.33 bits per heavy atom. The van der Waals surface area contributed by atoms with Crippen molar-refractivity contribution in [3.8, 4) is 0 Å². The van der Waals surface area contributed by atoms with Crippen molar-refractivity contribution in [3.05, 3.63) is 29.7 Å². The van der Waals surface area contributed by atoms with Crippen LogP contribution in [0.15, 0.2) is 18.5 Å². The molecule has 2 aromatic heterocycles. The van der Waals surface area contributed by atoms with Crippen LogP contribution >= 0.6 is 11.8 Å². The van der Waals surface area contributed by atoms with Crippen molar-refractivity contribution in [1.29, 1.82) is 0 Å². The predicted molar refractivity (Wildman–Crippen MR) is 84.7 cm³/mol. The number of nitrogens with zero attached hydrogens (tertiary/aromatic N) is 3. The zero-order valence-electron chi connectivity index (χ0n) is 12.4. The van der Waals surface area contributed by atoms with Crippen LogP contribution < -0.4 is 5.32 Å². The zero-order valence-corrected chi connectivity index (χ0v) is 13.2. The Labute approximate surface area is 128 Å². The number of hydrogen-bond donors (Lipinski definition) is 1. The van der Waals surface area contributed by atoms with Crippen molar-refractivity contribution in [3.63, 3.8) is 0 Å². The molecule has 1 N–H and O–H groups in total. The van der Waals surface area contributed by atoms with Crippen LogP contribution in [0, 0.1) is 6.92 Å². The van der Waals surface area contributed by atoms with Crippen LogP contribution in [0.25, 0.3) is 5.65 Å². The Bertz CT molecular complexity index is 654. The minimum Gasteiger partial charge on any atom is -0.349 e. The van der Waals surface area contributed by atoms with E-state index in [4.69, 9.17) is 0 Å². The third-order valence-electron chi connectivity index (χ3n) is 4.09. The van der Waals surface area contributed by atoms with Crippen molar-refractivity contribution in [2.45, 2.75) is 43.9 Å². The van der Waals surface area contributed by atoms with E-state index in [1.54, 1.807) is 10.7 Å². The Morgan fingerprint density at radius 3 is 3.14 bits per heavy atom. The van der Waals surface area contributed by atoms with Crippen LogP contribution in [0.1, 0.15) is 41.7 Å². The zero-order chi connectivity index (χ0) is 14.8. The van der Waals surface area contributed by atoms with E-state index in [1.165, 1.54) is 12.8 Å². The summed E-state index contributed by atoms with van der Waals surface area (Å²) in [6.07, 6.45) is 10.2. The van der Waals surface area contributed by atoms with Gasteiger partial charge in [0.15, 0.2) is 5.65 Å². The van der Waals surface area contributed by atoms with Crippen LogP contribution in [0.3, 0.4) is 0 Å². The molecule has 5 nitrogen and oxygen atoms in total. The van der Waals surface area contributed by atoms with Crippen molar-refractivity contribution in [2.24, 2.45) is 0 Å². The summed E-state index contributed by atoms with van der Waals surface area (Å²) in [6, 6.07) is 2.08. The largest absolute Gasteiger partial charge is 0.349 e. The first kappa shape index (κ1) is 14.4. The maximum absolute atomic E-state index is 12.6. The summed E-state index contributed by atoms with van der Waals surface area (Å²) >= 11 is 1.90. The van der Waals surface area contributed by atoms with Crippen LogP contribution in [0.5, 0.6) is 0 Å². The number of hydrogen-bond acceptors (Lipinski definition) is 4. The van der Waals surface area contributed by atoms with Gasteiger partial charge in [-0.1, -0.05) is 6.42 Å². The first-order chi connectivity index (χ1) is 10.2. The molecule has 112 valence electrons. The van der Waals surface area contributed by atoms with E-state index in [2.05, 4.69) is 21.7 Å². The number of aryl methyl sites for hydroxylation is 1. The van der Waals surface area contributed by atoms with Gasteiger partial charge in [-0.05, 0) is 38.5 Å². The summed E-state index contributed by atoms with van der Waals surface area (Å²) in [5, 5.41) is 8.18. The highest BCUT2D eigenvalue weighted by Crippen LogP contribution is 2.27. The highest BCUT2D eigenvalue weighted by atomic mass is 32.2. The molecular weight excluding hydrogens is 284 g/mol. The fourth-order valence-corrected chi connectivity index (χ4v) is 3.84. The van der Waals surface area contributed by atoms with Crippen LogP contribution in [-0.2, 0) is 0 Å². The molecule has 1 fully saturated rings. The Hall–Kier alpha value is -1.56. The van der Waals surface area contributed by atoms with E-state index < -0.39 is 0 Å². The van der Waals surface area contributed by atoms with E-state index in [-0.39, 0.29) is 11.9 Å². The lowest BCUT2D eigenvalue weighted by atomic mass is 9.94. The molecule has 21 heavy (non-hydrogen) atoms. The molecule has 0 bridgehead atoms. The van der Waals surface area contributed by atoms with E-state index in [0.29, 0.717) is 16.5 Å². The standard InChI is InChI=1S/C15H20N4OS/c1-10-13(14-16-7-4-8-19(14)18-10)15(20)17-11-5-3-6-12(9-11)21-2/h4,7-8,11-12H,3,5-6,9H2,1-2H3,(H,17,20). The maximum Gasteiger partial charge on any atom is 0.257 e. The molecule has 2 aromatic rings. The summed E-state index contributed by atoms with van der Waals surface area (Å²) in [4.78, 5) is 16.9. The molecule has 2 heterocycles. The average Bonchev–Trinajstić information content (AvgIpc) is 2.83. The lowest BCUT2D eigenvalue weighted by molar-refractivity contribution is 0.0929. The van der Waals surface area contributed by atoms with E-state index >= 15 is 0 Å². The number of aromatic nitrogens is 3. The van der Waals surface area contributed by atoms with E-state index in [0.717, 1.165) is 18.5 Å². The summed E-state index contributed by atoms with van der Waals surface area (Å²) < 4.78 is 1.66.